The monoisotopic (exact) mass is 267 g/mol. The van der Waals surface area contributed by atoms with Gasteiger partial charge < -0.3 is 10.4 Å². The van der Waals surface area contributed by atoms with E-state index in [9.17, 15) is 5.11 Å². The number of hydrogen-bond donors (Lipinski definition) is 3. The van der Waals surface area contributed by atoms with Crippen LogP contribution in [0, 0.1) is 6.92 Å². The molecule has 0 aliphatic heterocycles. The molecule has 0 fully saturated rings. The Bertz CT molecular complexity index is 748. The Labute approximate surface area is 117 Å². The molecule has 0 saturated heterocycles. The predicted octanol–water partition coefficient (Wildman–Crippen LogP) is 3.75. The van der Waals surface area contributed by atoms with Gasteiger partial charge in [0.25, 0.3) is 0 Å². The van der Waals surface area contributed by atoms with Crippen LogP contribution in [0.5, 0.6) is 5.75 Å². The largest absolute Gasteiger partial charge is 0.508 e. The van der Waals surface area contributed by atoms with Crippen molar-refractivity contribution >= 4 is 16.6 Å². The van der Waals surface area contributed by atoms with Gasteiger partial charge in [-0.05, 0) is 26.0 Å². The molecule has 0 aliphatic rings. The summed E-state index contributed by atoms with van der Waals surface area (Å²) in [6, 6.07) is 11.6. The van der Waals surface area contributed by atoms with Gasteiger partial charge in [-0.3, -0.25) is 5.10 Å². The number of aromatic nitrogens is 2. The smallest absolute Gasteiger partial charge is 0.120 e. The third-order valence-electron chi connectivity index (χ3n) is 3.50. The Morgan fingerprint density at radius 1 is 1.25 bits per heavy atom. The number of benzene rings is 2. The molecule has 4 heteroatoms. The summed E-state index contributed by atoms with van der Waals surface area (Å²) >= 11 is 0. The van der Waals surface area contributed by atoms with Crippen LogP contribution in [0.3, 0.4) is 0 Å². The summed E-state index contributed by atoms with van der Waals surface area (Å²) in [5, 5.41) is 21.5. The quantitative estimate of drug-likeness (QED) is 0.677. The fraction of sp³-hybridized carbons (Fsp3) is 0.188. The molecule has 0 radical (unpaired) electrons. The first-order valence-electron chi connectivity index (χ1n) is 6.63. The Hall–Kier alpha value is -2.49. The highest BCUT2D eigenvalue weighted by Crippen LogP contribution is 2.30. The third kappa shape index (κ3) is 2.20. The van der Waals surface area contributed by atoms with Crippen LogP contribution in [0.25, 0.3) is 10.9 Å². The Balaban J connectivity index is 1.94. The highest BCUT2D eigenvalue weighted by Gasteiger charge is 2.12. The van der Waals surface area contributed by atoms with Crippen molar-refractivity contribution in [2.24, 2.45) is 0 Å². The van der Waals surface area contributed by atoms with Gasteiger partial charge in [0.05, 0.1) is 23.4 Å². The van der Waals surface area contributed by atoms with Crippen molar-refractivity contribution in [1.82, 2.24) is 10.2 Å². The lowest BCUT2D eigenvalue weighted by molar-refractivity contribution is 0.465. The van der Waals surface area contributed by atoms with E-state index in [1.165, 1.54) is 0 Å². The minimum absolute atomic E-state index is 0.00352. The number of aromatic hydroxyl groups is 1. The molecule has 3 N–H and O–H groups in total. The van der Waals surface area contributed by atoms with Gasteiger partial charge in [-0.25, -0.2) is 0 Å². The molecule has 1 aromatic heterocycles. The first kappa shape index (κ1) is 12.5. The standard InChI is InChI=1S/C16H17N3O/c1-10-6-7-15(20)13(8-10)11(2)18-14-5-3-4-12-9-17-19-16(12)14/h3-9,11,18,20H,1-2H3,(H,17,19). The van der Waals surface area contributed by atoms with E-state index in [1.807, 2.05) is 44.2 Å². The van der Waals surface area contributed by atoms with Crippen LogP contribution in [-0.2, 0) is 0 Å². The number of aryl methyl sites for hydroxylation is 1. The van der Waals surface area contributed by atoms with Gasteiger partial charge >= 0.3 is 0 Å². The van der Waals surface area contributed by atoms with Gasteiger partial charge in [-0.2, -0.15) is 5.10 Å². The molecule has 3 aromatic rings. The maximum atomic E-state index is 10.00. The van der Waals surface area contributed by atoms with Crippen LogP contribution in [0.4, 0.5) is 5.69 Å². The summed E-state index contributed by atoms with van der Waals surface area (Å²) in [6.07, 6.45) is 1.80. The lowest BCUT2D eigenvalue weighted by Crippen LogP contribution is -2.07. The number of aromatic amines is 1. The lowest BCUT2D eigenvalue weighted by Gasteiger charge is -2.18. The number of phenols is 1. The summed E-state index contributed by atoms with van der Waals surface area (Å²) < 4.78 is 0. The van der Waals surface area contributed by atoms with Gasteiger partial charge in [-0.1, -0.05) is 29.8 Å². The first-order chi connectivity index (χ1) is 9.65. The van der Waals surface area contributed by atoms with Crippen molar-refractivity contribution in [3.63, 3.8) is 0 Å². The molecule has 0 bridgehead atoms. The zero-order valence-corrected chi connectivity index (χ0v) is 11.5. The van der Waals surface area contributed by atoms with E-state index in [1.54, 1.807) is 12.3 Å². The maximum Gasteiger partial charge on any atom is 0.120 e. The predicted molar refractivity (Wildman–Crippen MR) is 81.0 cm³/mol. The number of hydrogen-bond acceptors (Lipinski definition) is 3. The molecule has 1 atom stereocenters. The molecule has 0 spiro atoms. The molecule has 1 unspecified atom stereocenters. The van der Waals surface area contributed by atoms with Gasteiger partial charge in [0.2, 0.25) is 0 Å². The van der Waals surface area contributed by atoms with Crippen molar-refractivity contribution in [3.05, 3.63) is 53.7 Å². The van der Waals surface area contributed by atoms with Crippen LogP contribution >= 0.6 is 0 Å². The molecular weight excluding hydrogens is 250 g/mol. The SMILES string of the molecule is Cc1ccc(O)c(C(C)Nc2cccc3cn[nH]c23)c1. The highest BCUT2D eigenvalue weighted by molar-refractivity contribution is 5.90. The number of nitrogens with one attached hydrogen (secondary N) is 2. The molecule has 1 heterocycles. The first-order valence-corrected chi connectivity index (χ1v) is 6.63. The minimum Gasteiger partial charge on any atom is -0.508 e. The Kier molecular flexibility index (Phi) is 3.06. The van der Waals surface area contributed by atoms with Gasteiger partial charge in [-0.15, -0.1) is 0 Å². The van der Waals surface area contributed by atoms with Crippen molar-refractivity contribution in [1.29, 1.82) is 0 Å². The number of rotatable bonds is 3. The second-order valence-electron chi connectivity index (χ2n) is 5.07. The molecule has 0 saturated carbocycles. The number of para-hydroxylation sites is 1. The number of phenolic OH excluding ortho intramolecular Hbond substituents is 1. The summed E-state index contributed by atoms with van der Waals surface area (Å²) in [4.78, 5) is 0. The summed E-state index contributed by atoms with van der Waals surface area (Å²) in [7, 11) is 0. The number of anilines is 1. The fourth-order valence-corrected chi connectivity index (χ4v) is 2.42. The topological polar surface area (TPSA) is 60.9 Å². The molecular formula is C16H17N3O. The van der Waals surface area contributed by atoms with Gasteiger partial charge in [0.1, 0.15) is 5.75 Å². The highest BCUT2D eigenvalue weighted by atomic mass is 16.3. The Morgan fingerprint density at radius 3 is 2.95 bits per heavy atom. The van der Waals surface area contributed by atoms with Crippen molar-refractivity contribution < 1.29 is 5.11 Å². The molecule has 102 valence electrons. The maximum absolute atomic E-state index is 10.00. The molecule has 20 heavy (non-hydrogen) atoms. The summed E-state index contributed by atoms with van der Waals surface area (Å²) in [5.41, 5.74) is 3.98. The van der Waals surface area contributed by atoms with E-state index in [-0.39, 0.29) is 6.04 Å². The average Bonchev–Trinajstić information content (AvgIpc) is 2.91. The van der Waals surface area contributed by atoms with Crippen LogP contribution in [0.2, 0.25) is 0 Å². The van der Waals surface area contributed by atoms with E-state index in [4.69, 9.17) is 0 Å². The van der Waals surface area contributed by atoms with E-state index in [0.29, 0.717) is 5.75 Å². The van der Waals surface area contributed by atoms with E-state index < -0.39 is 0 Å². The zero-order chi connectivity index (χ0) is 14.1. The fourth-order valence-electron chi connectivity index (χ4n) is 2.42. The van der Waals surface area contributed by atoms with Gasteiger partial charge in [0.15, 0.2) is 0 Å². The minimum atomic E-state index is 0.00352. The summed E-state index contributed by atoms with van der Waals surface area (Å²) in [6.45, 7) is 4.05. The van der Waals surface area contributed by atoms with Crippen molar-refractivity contribution in [2.75, 3.05) is 5.32 Å². The second-order valence-corrected chi connectivity index (χ2v) is 5.07. The van der Waals surface area contributed by atoms with Crippen molar-refractivity contribution in [2.45, 2.75) is 19.9 Å². The number of H-pyrrole nitrogens is 1. The molecule has 2 aromatic carbocycles. The third-order valence-corrected chi connectivity index (χ3v) is 3.50. The number of fused-ring (bicyclic) bond motifs is 1. The van der Waals surface area contributed by atoms with Crippen LogP contribution < -0.4 is 5.32 Å². The normalized spacial score (nSPS) is 12.5. The second kappa shape index (κ2) is 4.89. The molecule has 4 nitrogen and oxygen atoms in total. The van der Waals surface area contributed by atoms with Crippen LogP contribution in [0.1, 0.15) is 24.1 Å². The molecule has 3 rings (SSSR count). The van der Waals surface area contributed by atoms with Crippen LogP contribution in [-0.4, -0.2) is 15.3 Å². The molecule has 0 amide bonds. The van der Waals surface area contributed by atoms with Gasteiger partial charge in [0, 0.05) is 10.9 Å². The average molecular weight is 267 g/mol. The van der Waals surface area contributed by atoms with E-state index in [2.05, 4.69) is 15.5 Å². The lowest BCUT2D eigenvalue weighted by atomic mass is 10.0. The van der Waals surface area contributed by atoms with E-state index >= 15 is 0 Å². The van der Waals surface area contributed by atoms with Crippen LogP contribution in [0.15, 0.2) is 42.6 Å². The van der Waals surface area contributed by atoms with E-state index in [0.717, 1.165) is 27.7 Å². The summed E-state index contributed by atoms with van der Waals surface area (Å²) in [5.74, 6) is 0.312. The zero-order valence-electron chi connectivity index (χ0n) is 11.5. The number of nitrogens with zero attached hydrogens (tertiary/aromatic N) is 1. The Morgan fingerprint density at radius 2 is 2.10 bits per heavy atom. The molecule has 0 aliphatic carbocycles. The van der Waals surface area contributed by atoms with Crippen molar-refractivity contribution in [3.8, 4) is 5.75 Å².